The molecule has 0 aliphatic carbocycles. The molecule has 2 saturated heterocycles. The molecule has 12 heteroatoms. The summed E-state index contributed by atoms with van der Waals surface area (Å²) < 4.78 is 47.9. The maximum atomic E-state index is 14.1. The Morgan fingerprint density at radius 2 is 1.85 bits per heavy atom. The van der Waals surface area contributed by atoms with Crippen LogP contribution in [0, 0.1) is 17.8 Å². The summed E-state index contributed by atoms with van der Waals surface area (Å²) in [7, 11) is 3.25. The topological polar surface area (TPSA) is 89.6 Å². The number of alkyl halides is 3. The number of nitrogens with one attached hydrogen (secondary N) is 2. The van der Waals surface area contributed by atoms with Gasteiger partial charge in [0, 0.05) is 38.6 Å². The van der Waals surface area contributed by atoms with Gasteiger partial charge in [-0.05, 0) is 61.5 Å². The minimum atomic E-state index is -4.39. The highest BCUT2D eigenvalue weighted by molar-refractivity contribution is 5.93. The second kappa shape index (κ2) is 12.4. The van der Waals surface area contributed by atoms with Gasteiger partial charge in [-0.25, -0.2) is 9.97 Å². The van der Waals surface area contributed by atoms with Crippen molar-refractivity contribution in [2.24, 2.45) is 5.92 Å². The number of aromatic amines is 1. The first-order valence-electron chi connectivity index (χ1n) is 13.7. The fourth-order valence-corrected chi connectivity index (χ4v) is 5.29. The molecule has 41 heavy (non-hydrogen) atoms. The number of hydrogen-bond donors (Lipinski definition) is 2. The molecule has 2 aliphatic rings. The van der Waals surface area contributed by atoms with Crippen LogP contribution in [0.5, 0.6) is 0 Å². The lowest BCUT2D eigenvalue weighted by atomic mass is 9.88. The van der Waals surface area contributed by atoms with Gasteiger partial charge < -0.3 is 24.8 Å². The zero-order valence-corrected chi connectivity index (χ0v) is 23.2. The van der Waals surface area contributed by atoms with E-state index in [9.17, 15) is 18.0 Å². The molecule has 218 valence electrons. The van der Waals surface area contributed by atoms with Crippen molar-refractivity contribution in [3.63, 3.8) is 0 Å². The lowest BCUT2D eigenvalue weighted by molar-refractivity contribution is -0.156. The number of likely N-dealkylation sites (tertiary alicyclic amines) is 1. The van der Waals surface area contributed by atoms with Crippen LogP contribution >= 0.6 is 0 Å². The highest BCUT2D eigenvalue weighted by atomic mass is 19.4. The summed E-state index contributed by atoms with van der Waals surface area (Å²) >= 11 is 0. The molecule has 3 aromatic rings. The van der Waals surface area contributed by atoms with Gasteiger partial charge in [0.25, 0.3) is 5.91 Å². The van der Waals surface area contributed by atoms with E-state index >= 15 is 0 Å². The van der Waals surface area contributed by atoms with Gasteiger partial charge in [-0.3, -0.25) is 9.69 Å². The third kappa shape index (κ3) is 6.92. The lowest BCUT2D eigenvalue weighted by Crippen LogP contribution is -2.47. The predicted molar refractivity (Wildman–Crippen MR) is 151 cm³/mol. The molecular weight excluding hydrogens is 535 g/mol. The Bertz CT molecular complexity index is 1400. The predicted octanol–water partition coefficient (Wildman–Crippen LogP) is 3.61. The summed E-state index contributed by atoms with van der Waals surface area (Å²) in [5, 5.41) is 3.65. The monoisotopic (exact) mass is 569 g/mol. The molecule has 4 heterocycles. The maximum absolute atomic E-state index is 14.1. The highest BCUT2D eigenvalue weighted by Gasteiger charge is 2.45. The number of hydrogen-bond acceptors (Lipinski definition) is 7. The SMILES string of the molecule is CN(C)C(=O)C#CCN1CCC(C(Nc2ccc(-c3cc4c(N5CCOCC5)ncnc4[nH]3)cc2)C(F)(F)F)CC1. The van der Waals surface area contributed by atoms with E-state index in [4.69, 9.17) is 4.74 Å². The summed E-state index contributed by atoms with van der Waals surface area (Å²) in [5.41, 5.74) is 2.78. The zero-order chi connectivity index (χ0) is 29.0. The van der Waals surface area contributed by atoms with Crippen LogP contribution < -0.4 is 10.2 Å². The highest BCUT2D eigenvalue weighted by Crippen LogP contribution is 2.35. The molecule has 2 aromatic heterocycles. The van der Waals surface area contributed by atoms with Crippen LogP contribution in [0.1, 0.15) is 12.8 Å². The first kappa shape index (κ1) is 28.7. The Kier molecular flexibility index (Phi) is 8.65. The van der Waals surface area contributed by atoms with Gasteiger partial charge in [-0.2, -0.15) is 13.2 Å². The van der Waals surface area contributed by atoms with E-state index in [0.29, 0.717) is 57.0 Å². The molecule has 2 fully saturated rings. The maximum Gasteiger partial charge on any atom is 0.408 e. The van der Waals surface area contributed by atoms with Gasteiger partial charge in [-0.15, -0.1) is 0 Å². The van der Waals surface area contributed by atoms with Crippen molar-refractivity contribution in [1.29, 1.82) is 0 Å². The van der Waals surface area contributed by atoms with Crippen molar-refractivity contribution < 1.29 is 22.7 Å². The van der Waals surface area contributed by atoms with E-state index in [1.807, 2.05) is 11.0 Å². The fourth-order valence-electron chi connectivity index (χ4n) is 5.29. The van der Waals surface area contributed by atoms with Gasteiger partial charge in [-0.1, -0.05) is 18.1 Å². The van der Waals surface area contributed by atoms with Gasteiger partial charge in [0.1, 0.15) is 23.8 Å². The number of rotatable bonds is 6. The van der Waals surface area contributed by atoms with Crippen molar-refractivity contribution in [3.05, 3.63) is 36.7 Å². The van der Waals surface area contributed by atoms with E-state index in [1.54, 1.807) is 38.4 Å². The average molecular weight is 570 g/mol. The Labute approximate surface area is 237 Å². The number of morpholine rings is 1. The molecule has 9 nitrogen and oxygen atoms in total. The number of amides is 1. The minimum Gasteiger partial charge on any atom is -0.378 e. The third-order valence-corrected chi connectivity index (χ3v) is 7.59. The Morgan fingerprint density at radius 1 is 1.15 bits per heavy atom. The molecule has 2 N–H and O–H groups in total. The van der Waals surface area contributed by atoms with E-state index in [-0.39, 0.29) is 5.91 Å². The molecule has 5 rings (SSSR count). The van der Waals surface area contributed by atoms with Gasteiger partial charge >= 0.3 is 6.18 Å². The molecule has 2 aliphatic heterocycles. The number of benzene rings is 1. The van der Waals surface area contributed by atoms with E-state index in [0.717, 1.165) is 35.6 Å². The Hall–Kier alpha value is -3.82. The number of carbonyl (C=O) groups is 1. The number of halogens is 3. The van der Waals surface area contributed by atoms with Crippen LogP contribution in [0.15, 0.2) is 36.7 Å². The number of ether oxygens (including phenoxy) is 1. The smallest absolute Gasteiger partial charge is 0.378 e. The van der Waals surface area contributed by atoms with Crippen LogP contribution in [0.2, 0.25) is 0 Å². The van der Waals surface area contributed by atoms with E-state index < -0.39 is 18.1 Å². The van der Waals surface area contributed by atoms with Crippen molar-refractivity contribution in [2.45, 2.75) is 25.1 Å². The van der Waals surface area contributed by atoms with Crippen molar-refractivity contribution >= 4 is 28.4 Å². The second-order valence-electron chi connectivity index (χ2n) is 10.6. The molecule has 1 atom stereocenters. The lowest BCUT2D eigenvalue weighted by Gasteiger charge is -2.36. The normalized spacial score (nSPS) is 17.6. The number of H-pyrrole nitrogens is 1. The van der Waals surface area contributed by atoms with E-state index in [1.165, 1.54) is 11.2 Å². The van der Waals surface area contributed by atoms with Crippen LogP contribution in [-0.2, 0) is 9.53 Å². The fraction of sp³-hybridized carbons (Fsp3) is 0.483. The number of nitrogens with zero attached hydrogens (tertiary/aromatic N) is 5. The van der Waals surface area contributed by atoms with E-state index in [2.05, 4.69) is 37.0 Å². The number of aromatic nitrogens is 3. The molecule has 0 radical (unpaired) electrons. The zero-order valence-electron chi connectivity index (χ0n) is 23.2. The van der Waals surface area contributed by atoms with Crippen molar-refractivity contribution in [2.75, 3.05) is 70.2 Å². The molecular formula is C29H34F3N7O2. The van der Waals surface area contributed by atoms with Crippen LogP contribution in [0.25, 0.3) is 22.3 Å². The van der Waals surface area contributed by atoms with Gasteiger partial charge in [0.2, 0.25) is 0 Å². The molecule has 0 saturated carbocycles. The molecule has 0 bridgehead atoms. The first-order chi connectivity index (χ1) is 19.7. The summed E-state index contributed by atoms with van der Waals surface area (Å²) in [6.45, 7) is 4.14. The number of carbonyl (C=O) groups excluding carboxylic acids is 1. The van der Waals surface area contributed by atoms with Crippen molar-refractivity contribution in [1.82, 2.24) is 24.8 Å². The van der Waals surface area contributed by atoms with Crippen LogP contribution in [-0.4, -0.2) is 103 Å². The molecule has 1 aromatic carbocycles. The molecule has 0 spiro atoms. The Balaban J connectivity index is 1.24. The van der Waals surface area contributed by atoms with Gasteiger partial charge in [0.05, 0.1) is 25.1 Å². The minimum absolute atomic E-state index is 0.289. The van der Waals surface area contributed by atoms with Crippen molar-refractivity contribution in [3.8, 4) is 23.1 Å². The summed E-state index contributed by atoms with van der Waals surface area (Å²) in [6, 6.07) is 7.30. The molecule has 1 unspecified atom stereocenters. The largest absolute Gasteiger partial charge is 0.408 e. The van der Waals surface area contributed by atoms with Crippen LogP contribution in [0.4, 0.5) is 24.7 Å². The number of piperidine rings is 1. The third-order valence-electron chi connectivity index (χ3n) is 7.59. The number of fused-ring (bicyclic) bond motifs is 1. The Morgan fingerprint density at radius 3 is 2.51 bits per heavy atom. The molecule has 1 amide bonds. The van der Waals surface area contributed by atoms with Gasteiger partial charge in [0.15, 0.2) is 0 Å². The van der Waals surface area contributed by atoms with Crippen LogP contribution in [0.3, 0.4) is 0 Å². The standard InChI is InChI=1S/C29H34F3N7O2/c1-37(2)25(40)4-3-11-38-12-9-21(10-13-38)26(29(30,31)32)35-22-7-5-20(6-8-22)24-18-23-27(36-24)33-19-34-28(23)39-14-16-41-17-15-39/h5-8,18-19,21,26,35H,9-17H2,1-2H3,(H,33,34,36). The average Bonchev–Trinajstić information content (AvgIpc) is 3.41. The number of anilines is 2. The quantitative estimate of drug-likeness (QED) is 0.439. The summed E-state index contributed by atoms with van der Waals surface area (Å²) in [5.74, 6) is 5.37. The summed E-state index contributed by atoms with van der Waals surface area (Å²) in [4.78, 5) is 29.3. The first-order valence-corrected chi connectivity index (χ1v) is 13.7. The summed E-state index contributed by atoms with van der Waals surface area (Å²) in [6.07, 6.45) is -2.09. The second-order valence-corrected chi connectivity index (χ2v) is 10.6.